The summed E-state index contributed by atoms with van der Waals surface area (Å²) in [5.74, 6) is 0.318. The fourth-order valence-corrected chi connectivity index (χ4v) is 1.45. The van der Waals surface area contributed by atoms with Crippen LogP contribution in [0.3, 0.4) is 0 Å². The number of hydrogen-bond donors (Lipinski definition) is 1. The standard InChI is InChI=1S/C11H10FN3O/c1-16-10-8(5-7(12)6-9(10)13)11-14-3-2-4-15-11/h2-6H,13H2,1H3. The third-order valence-electron chi connectivity index (χ3n) is 2.09. The maximum atomic E-state index is 13.2. The smallest absolute Gasteiger partial charge is 0.163 e. The van der Waals surface area contributed by atoms with Crippen molar-refractivity contribution in [3.8, 4) is 17.1 Å². The molecule has 2 rings (SSSR count). The van der Waals surface area contributed by atoms with Crippen molar-refractivity contribution in [2.75, 3.05) is 12.8 Å². The minimum Gasteiger partial charge on any atom is -0.494 e. The van der Waals surface area contributed by atoms with E-state index in [1.165, 1.54) is 19.2 Å². The Hall–Kier alpha value is -2.17. The second-order valence-corrected chi connectivity index (χ2v) is 3.15. The Morgan fingerprint density at radius 3 is 2.56 bits per heavy atom. The van der Waals surface area contributed by atoms with Gasteiger partial charge in [-0.1, -0.05) is 0 Å². The summed E-state index contributed by atoms with van der Waals surface area (Å²) < 4.78 is 18.4. The summed E-state index contributed by atoms with van der Waals surface area (Å²) in [5, 5.41) is 0. The lowest BCUT2D eigenvalue weighted by atomic mass is 10.1. The number of ether oxygens (including phenoxy) is 1. The van der Waals surface area contributed by atoms with Gasteiger partial charge in [0.15, 0.2) is 11.6 Å². The van der Waals surface area contributed by atoms with E-state index in [2.05, 4.69) is 9.97 Å². The van der Waals surface area contributed by atoms with Crippen LogP contribution in [0.4, 0.5) is 10.1 Å². The molecule has 0 aliphatic rings. The maximum absolute atomic E-state index is 13.2. The van der Waals surface area contributed by atoms with E-state index in [0.717, 1.165) is 0 Å². The molecule has 1 heterocycles. The molecule has 4 nitrogen and oxygen atoms in total. The first-order valence-electron chi connectivity index (χ1n) is 4.63. The number of rotatable bonds is 2. The Morgan fingerprint density at radius 2 is 1.94 bits per heavy atom. The van der Waals surface area contributed by atoms with Crippen LogP contribution < -0.4 is 10.5 Å². The number of hydrogen-bond acceptors (Lipinski definition) is 4. The van der Waals surface area contributed by atoms with E-state index >= 15 is 0 Å². The van der Waals surface area contributed by atoms with Gasteiger partial charge < -0.3 is 10.5 Å². The van der Waals surface area contributed by atoms with E-state index < -0.39 is 5.82 Å². The van der Waals surface area contributed by atoms with Gasteiger partial charge in [0.25, 0.3) is 0 Å². The number of nitrogens with two attached hydrogens (primary N) is 1. The quantitative estimate of drug-likeness (QED) is 0.783. The molecule has 0 spiro atoms. The normalized spacial score (nSPS) is 10.1. The molecule has 82 valence electrons. The first-order valence-corrected chi connectivity index (χ1v) is 4.63. The predicted molar refractivity (Wildman–Crippen MR) is 58.4 cm³/mol. The van der Waals surface area contributed by atoms with Crippen molar-refractivity contribution in [2.45, 2.75) is 0 Å². The molecule has 5 heteroatoms. The fraction of sp³-hybridized carbons (Fsp3) is 0.0909. The van der Waals surface area contributed by atoms with Crippen LogP contribution in [0.5, 0.6) is 5.75 Å². The van der Waals surface area contributed by atoms with E-state index in [-0.39, 0.29) is 5.69 Å². The zero-order chi connectivity index (χ0) is 11.5. The Kier molecular flexibility index (Phi) is 2.68. The zero-order valence-corrected chi connectivity index (χ0v) is 8.64. The van der Waals surface area contributed by atoms with Gasteiger partial charge in [0.05, 0.1) is 18.4 Å². The number of halogens is 1. The summed E-state index contributed by atoms with van der Waals surface area (Å²) in [6, 6.07) is 4.18. The molecule has 0 fully saturated rings. The highest BCUT2D eigenvalue weighted by atomic mass is 19.1. The minimum atomic E-state index is -0.444. The molecular formula is C11H10FN3O. The number of methoxy groups -OCH3 is 1. The molecular weight excluding hydrogens is 209 g/mol. The summed E-state index contributed by atoms with van der Waals surface area (Å²) in [7, 11) is 1.47. The van der Waals surface area contributed by atoms with Crippen molar-refractivity contribution in [2.24, 2.45) is 0 Å². The lowest BCUT2D eigenvalue weighted by Crippen LogP contribution is -1.98. The van der Waals surface area contributed by atoms with Crippen LogP contribution >= 0.6 is 0 Å². The lowest BCUT2D eigenvalue weighted by Gasteiger charge is -2.09. The molecule has 16 heavy (non-hydrogen) atoms. The fourth-order valence-electron chi connectivity index (χ4n) is 1.45. The molecule has 2 N–H and O–H groups in total. The number of benzene rings is 1. The van der Waals surface area contributed by atoms with Gasteiger partial charge in [0.2, 0.25) is 0 Å². The van der Waals surface area contributed by atoms with E-state index in [1.807, 2.05) is 0 Å². The molecule has 0 amide bonds. The van der Waals surface area contributed by atoms with Gasteiger partial charge in [-0.25, -0.2) is 14.4 Å². The van der Waals surface area contributed by atoms with Crippen molar-refractivity contribution in [1.82, 2.24) is 9.97 Å². The molecule has 2 aromatic rings. The predicted octanol–water partition coefficient (Wildman–Crippen LogP) is 1.87. The molecule has 1 aromatic heterocycles. The van der Waals surface area contributed by atoms with E-state index in [9.17, 15) is 4.39 Å². The molecule has 0 saturated heterocycles. The van der Waals surface area contributed by atoms with Crippen LogP contribution in [0, 0.1) is 5.82 Å². The van der Waals surface area contributed by atoms with Crippen LogP contribution in [-0.4, -0.2) is 17.1 Å². The summed E-state index contributed by atoms with van der Waals surface area (Å²) in [6.07, 6.45) is 3.14. The minimum absolute atomic E-state index is 0.227. The molecule has 0 unspecified atom stereocenters. The summed E-state index contributed by atoms with van der Waals surface area (Å²) in [5.41, 5.74) is 6.32. The monoisotopic (exact) mass is 219 g/mol. The first kappa shape index (κ1) is 10.4. The second-order valence-electron chi connectivity index (χ2n) is 3.15. The Balaban J connectivity index is 2.64. The molecule has 0 radical (unpaired) electrons. The molecule has 0 saturated carbocycles. The Morgan fingerprint density at radius 1 is 1.25 bits per heavy atom. The summed E-state index contributed by atoms with van der Waals surface area (Å²) in [6.45, 7) is 0. The number of nitrogens with zero attached hydrogens (tertiary/aromatic N) is 2. The third-order valence-corrected chi connectivity index (χ3v) is 2.09. The lowest BCUT2D eigenvalue weighted by molar-refractivity contribution is 0.417. The molecule has 0 aliphatic heterocycles. The molecule has 1 aromatic carbocycles. The molecule has 0 aliphatic carbocycles. The molecule has 0 bridgehead atoms. The number of aromatic nitrogens is 2. The van der Waals surface area contributed by atoms with E-state index in [0.29, 0.717) is 17.1 Å². The van der Waals surface area contributed by atoms with E-state index in [4.69, 9.17) is 10.5 Å². The third kappa shape index (κ3) is 1.79. The number of nitrogen functional groups attached to an aromatic ring is 1. The summed E-state index contributed by atoms with van der Waals surface area (Å²) >= 11 is 0. The Bertz CT molecular complexity index is 502. The van der Waals surface area contributed by atoms with Crippen LogP contribution in [0.25, 0.3) is 11.4 Å². The van der Waals surface area contributed by atoms with Gasteiger partial charge in [0.1, 0.15) is 5.82 Å². The van der Waals surface area contributed by atoms with Gasteiger partial charge in [0, 0.05) is 18.5 Å². The number of anilines is 1. The topological polar surface area (TPSA) is 61.0 Å². The zero-order valence-electron chi connectivity index (χ0n) is 8.64. The highest BCUT2D eigenvalue weighted by Gasteiger charge is 2.13. The van der Waals surface area contributed by atoms with Gasteiger partial charge in [-0.2, -0.15) is 0 Å². The average Bonchev–Trinajstić information content (AvgIpc) is 2.29. The largest absolute Gasteiger partial charge is 0.494 e. The highest BCUT2D eigenvalue weighted by molar-refractivity contribution is 5.73. The van der Waals surface area contributed by atoms with Crippen molar-refractivity contribution < 1.29 is 9.13 Å². The first-order chi connectivity index (χ1) is 7.72. The van der Waals surface area contributed by atoms with Gasteiger partial charge in [-0.3, -0.25) is 0 Å². The van der Waals surface area contributed by atoms with E-state index in [1.54, 1.807) is 18.5 Å². The van der Waals surface area contributed by atoms with Gasteiger partial charge in [-0.15, -0.1) is 0 Å². The van der Waals surface area contributed by atoms with Crippen molar-refractivity contribution in [3.05, 3.63) is 36.4 Å². The van der Waals surface area contributed by atoms with Crippen molar-refractivity contribution in [1.29, 1.82) is 0 Å². The maximum Gasteiger partial charge on any atom is 0.163 e. The van der Waals surface area contributed by atoms with Gasteiger partial charge in [-0.05, 0) is 12.1 Å². The van der Waals surface area contributed by atoms with Crippen molar-refractivity contribution in [3.63, 3.8) is 0 Å². The molecule has 0 atom stereocenters. The SMILES string of the molecule is COc1c(N)cc(F)cc1-c1ncccn1. The van der Waals surface area contributed by atoms with Crippen molar-refractivity contribution >= 4 is 5.69 Å². The van der Waals surface area contributed by atoms with Crippen LogP contribution in [-0.2, 0) is 0 Å². The van der Waals surface area contributed by atoms with Gasteiger partial charge >= 0.3 is 0 Å². The van der Waals surface area contributed by atoms with Crippen LogP contribution in [0.2, 0.25) is 0 Å². The summed E-state index contributed by atoms with van der Waals surface area (Å²) in [4.78, 5) is 8.05. The average molecular weight is 219 g/mol. The highest BCUT2D eigenvalue weighted by Crippen LogP contribution is 2.33. The van der Waals surface area contributed by atoms with Crippen LogP contribution in [0.15, 0.2) is 30.6 Å². The van der Waals surface area contributed by atoms with Crippen LogP contribution in [0.1, 0.15) is 0 Å². The Labute approximate surface area is 91.9 Å². The second kappa shape index (κ2) is 4.14.